The number of ether oxygens (including phenoxy) is 1. The fraction of sp³-hybridized carbons (Fsp3) is 0.588. The van der Waals surface area contributed by atoms with E-state index in [2.05, 4.69) is 0 Å². The number of cyclic esters (lactones) is 1. The number of carbonyl (C=O) groups is 1. The molecule has 0 aromatic heterocycles. The number of hydrogen-bond acceptors (Lipinski definition) is 6. The molecule has 2 heterocycles. The molecule has 144 valence electrons. The van der Waals surface area contributed by atoms with Crippen molar-refractivity contribution in [1.82, 2.24) is 5.06 Å². The number of rotatable bonds is 4. The zero-order chi connectivity index (χ0) is 18.9. The number of likely N-dealkylation sites (N-methyl/N-ethyl adjacent to an activating group) is 1. The summed E-state index contributed by atoms with van der Waals surface area (Å²) in [4.78, 5) is 20.4. The van der Waals surface area contributed by atoms with Crippen molar-refractivity contribution < 1.29 is 23.1 Å². The van der Waals surface area contributed by atoms with Crippen LogP contribution in [-0.4, -0.2) is 62.6 Å². The maximum Gasteiger partial charge on any atom is 0.415 e. The van der Waals surface area contributed by atoms with Gasteiger partial charge in [-0.15, -0.1) is 0 Å². The van der Waals surface area contributed by atoms with Gasteiger partial charge in [-0.05, 0) is 6.92 Å². The summed E-state index contributed by atoms with van der Waals surface area (Å²) in [5, 5.41) is 1.76. The molecule has 0 unspecified atom stereocenters. The second-order valence-electron chi connectivity index (χ2n) is 6.71. The molecule has 26 heavy (non-hydrogen) atoms. The van der Waals surface area contributed by atoms with Crippen molar-refractivity contribution in [3.63, 3.8) is 0 Å². The molecule has 9 heteroatoms. The molecule has 0 saturated carbocycles. The maximum absolute atomic E-state index is 14.7. The lowest BCUT2D eigenvalue weighted by atomic mass is 10.1. The molecule has 0 bridgehead atoms. The third-order valence-electron chi connectivity index (χ3n) is 4.72. The fourth-order valence-electron chi connectivity index (χ4n) is 3.17. The Morgan fingerprint density at radius 3 is 2.50 bits per heavy atom. The smallest absolute Gasteiger partial charge is 0.415 e. The summed E-state index contributed by atoms with van der Waals surface area (Å²) in [6.45, 7) is 6.32. The molecular weight excluding hydrogens is 346 g/mol. The summed E-state index contributed by atoms with van der Waals surface area (Å²) in [7, 11) is 0. The van der Waals surface area contributed by atoms with Gasteiger partial charge in [0, 0.05) is 44.9 Å². The van der Waals surface area contributed by atoms with Crippen LogP contribution >= 0.6 is 0 Å². The molecule has 2 fully saturated rings. The van der Waals surface area contributed by atoms with Crippen LogP contribution in [0, 0.1) is 11.6 Å². The van der Waals surface area contributed by atoms with Crippen molar-refractivity contribution >= 4 is 17.5 Å². The van der Waals surface area contributed by atoms with Gasteiger partial charge in [-0.1, -0.05) is 6.92 Å². The first-order chi connectivity index (χ1) is 12.4. The molecule has 3 rings (SSSR count). The number of anilines is 2. The van der Waals surface area contributed by atoms with Crippen molar-refractivity contribution in [3.05, 3.63) is 23.8 Å². The fourth-order valence-corrected chi connectivity index (χ4v) is 3.17. The Morgan fingerprint density at radius 1 is 1.23 bits per heavy atom. The predicted octanol–water partition coefficient (Wildman–Crippen LogP) is 1.71. The first kappa shape index (κ1) is 18.8. The average Bonchev–Trinajstić information content (AvgIpc) is 2.77. The monoisotopic (exact) mass is 370 g/mol. The van der Waals surface area contributed by atoms with Crippen molar-refractivity contribution in [2.75, 3.05) is 55.7 Å². The third kappa shape index (κ3) is 3.60. The lowest BCUT2D eigenvalue weighted by Crippen LogP contribution is -2.38. The Kier molecular flexibility index (Phi) is 5.31. The molecule has 0 spiro atoms. The van der Waals surface area contributed by atoms with Gasteiger partial charge in [0.05, 0.1) is 18.8 Å². The van der Waals surface area contributed by atoms with Crippen LogP contribution < -0.4 is 15.5 Å². The zero-order valence-electron chi connectivity index (χ0n) is 15.0. The first-order valence-electron chi connectivity index (χ1n) is 8.69. The number of halogens is 2. The standard InChI is InChI=1S/C17H24F2N4O3/c1-3-22-5-4-21(6-7-25-22)15-13(18)8-12(9-14(15)19)23-11-17(2,10-20)26-16(23)24/h8-9H,3-7,10-11,20H2,1-2H3/t17-/m0/s1. The summed E-state index contributed by atoms with van der Waals surface area (Å²) in [5.74, 6) is -1.45. The molecule has 1 aromatic carbocycles. The topological polar surface area (TPSA) is 71.3 Å². The van der Waals surface area contributed by atoms with Gasteiger partial charge in [0.25, 0.3) is 0 Å². The van der Waals surface area contributed by atoms with Gasteiger partial charge < -0.3 is 15.4 Å². The van der Waals surface area contributed by atoms with E-state index in [1.165, 1.54) is 4.90 Å². The molecule has 0 radical (unpaired) electrons. The highest BCUT2D eigenvalue weighted by Gasteiger charge is 2.41. The summed E-state index contributed by atoms with van der Waals surface area (Å²) >= 11 is 0. The van der Waals surface area contributed by atoms with E-state index in [1.54, 1.807) is 16.9 Å². The zero-order valence-corrected chi connectivity index (χ0v) is 15.0. The van der Waals surface area contributed by atoms with E-state index < -0.39 is 23.3 Å². The van der Waals surface area contributed by atoms with E-state index in [-0.39, 0.29) is 24.5 Å². The van der Waals surface area contributed by atoms with Crippen LogP contribution in [0.1, 0.15) is 13.8 Å². The number of nitrogens with zero attached hydrogens (tertiary/aromatic N) is 3. The van der Waals surface area contributed by atoms with Crippen LogP contribution in [0.15, 0.2) is 12.1 Å². The van der Waals surface area contributed by atoms with E-state index in [0.29, 0.717) is 32.8 Å². The lowest BCUT2D eigenvalue weighted by molar-refractivity contribution is -0.143. The van der Waals surface area contributed by atoms with E-state index >= 15 is 0 Å². The highest BCUT2D eigenvalue weighted by Crippen LogP contribution is 2.33. The Labute approximate surface area is 151 Å². The lowest BCUT2D eigenvalue weighted by Gasteiger charge is -2.24. The van der Waals surface area contributed by atoms with Crippen molar-refractivity contribution in [1.29, 1.82) is 0 Å². The van der Waals surface area contributed by atoms with E-state index in [1.807, 2.05) is 6.92 Å². The van der Waals surface area contributed by atoms with Gasteiger partial charge >= 0.3 is 6.09 Å². The molecule has 2 saturated heterocycles. The minimum absolute atomic E-state index is 0.107. The number of carbonyl (C=O) groups excluding carboxylic acids is 1. The number of hydroxylamine groups is 2. The van der Waals surface area contributed by atoms with Crippen LogP contribution in [0.5, 0.6) is 0 Å². The molecule has 2 N–H and O–H groups in total. The molecule has 7 nitrogen and oxygen atoms in total. The van der Waals surface area contributed by atoms with Gasteiger partial charge in [-0.25, -0.2) is 13.6 Å². The maximum atomic E-state index is 14.7. The van der Waals surface area contributed by atoms with Gasteiger partial charge in [-0.2, -0.15) is 5.06 Å². The minimum Gasteiger partial charge on any atom is -0.440 e. The Balaban J connectivity index is 1.84. The largest absolute Gasteiger partial charge is 0.440 e. The predicted molar refractivity (Wildman–Crippen MR) is 93.1 cm³/mol. The summed E-state index contributed by atoms with van der Waals surface area (Å²) in [5.41, 5.74) is 4.76. The van der Waals surface area contributed by atoms with E-state index in [0.717, 1.165) is 12.1 Å². The summed E-state index contributed by atoms with van der Waals surface area (Å²) in [6, 6.07) is 2.32. The second-order valence-corrected chi connectivity index (χ2v) is 6.71. The van der Waals surface area contributed by atoms with Gasteiger partial charge in [0.2, 0.25) is 0 Å². The Bertz CT molecular complexity index is 667. The Hall–Kier alpha value is -1.97. The SMILES string of the molecule is CCN1CCN(c2c(F)cc(N3C[C@](C)(CN)OC3=O)cc2F)CCO1. The number of benzene rings is 1. The van der Waals surface area contributed by atoms with Crippen LogP contribution in [0.25, 0.3) is 0 Å². The van der Waals surface area contributed by atoms with Crippen LogP contribution in [0.3, 0.4) is 0 Å². The van der Waals surface area contributed by atoms with Crippen LogP contribution in [0.4, 0.5) is 25.0 Å². The van der Waals surface area contributed by atoms with Crippen LogP contribution in [-0.2, 0) is 9.57 Å². The minimum atomic E-state index is -0.867. The molecule has 2 aliphatic heterocycles. The quantitative estimate of drug-likeness (QED) is 0.870. The van der Waals surface area contributed by atoms with Gasteiger partial charge in [0.1, 0.15) is 11.3 Å². The highest BCUT2D eigenvalue weighted by molar-refractivity contribution is 5.90. The van der Waals surface area contributed by atoms with Crippen molar-refractivity contribution in [3.8, 4) is 0 Å². The summed E-state index contributed by atoms with van der Waals surface area (Å²) in [6.07, 6.45) is -0.661. The molecule has 2 aliphatic rings. The third-order valence-corrected chi connectivity index (χ3v) is 4.72. The molecule has 1 aromatic rings. The van der Waals surface area contributed by atoms with Gasteiger partial charge in [0.15, 0.2) is 11.6 Å². The normalized spacial score (nSPS) is 24.7. The van der Waals surface area contributed by atoms with Crippen molar-refractivity contribution in [2.24, 2.45) is 5.73 Å². The first-order valence-corrected chi connectivity index (χ1v) is 8.69. The number of amides is 1. The van der Waals surface area contributed by atoms with Crippen molar-refractivity contribution in [2.45, 2.75) is 19.4 Å². The molecule has 0 aliphatic carbocycles. The van der Waals surface area contributed by atoms with E-state index in [4.69, 9.17) is 15.3 Å². The molecule has 1 atom stereocenters. The average molecular weight is 370 g/mol. The summed E-state index contributed by atoms with van der Waals surface area (Å²) < 4.78 is 34.7. The molecular formula is C17H24F2N4O3. The highest BCUT2D eigenvalue weighted by atomic mass is 19.1. The number of nitrogens with two attached hydrogens (primary N) is 1. The second kappa shape index (κ2) is 7.34. The Morgan fingerprint density at radius 2 is 1.92 bits per heavy atom. The van der Waals surface area contributed by atoms with Gasteiger partial charge in [-0.3, -0.25) is 9.74 Å². The van der Waals surface area contributed by atoms with Crippen LogP contribution in [0.2, 0.25) is 0 Å². The number of hydrogen-bond donors (Lipinski definition) is 1. The molecule has 1 amide bonds. The van der Waals surface area contributed by atoms with E-state index in [9.17, 15) is 13.6 Å².